The van der Waals surface area contributed by atoms with Crippen LogP contribution in [0.3, 0.4) is 0 Å². The van der Waals surface area contributed by atoms with Crippen LogP contribution in [0.2, 0.25) is 0 Å². The summed E-state index contributed by atoms with van der Waals surface area (Å²) in [6.07, 6.45) is 3.72. The van der Waals surface area contributed by atoms with E-state index >= 15 is 0 Å². The Labute approximate surface area is 149 Å². The first kappa shape index (κ1) is 17.5. The minimum absolute atomic E-state index is 0.160. The molecule has 2 aromatic carbocycles. The van der Waals surface area contributed by atoms with Crippen LogP contribution in [0.5, 0.6) is 0 Å². The Bertz CT molecular complexity index is 753. The number of piperidine rings is 1. The molecule has 3 rings (SSSR count). The predicted molar refractivity (Wildman–Crippen MR) is 99.4 cm³/mol. The second-order valence-corrected chi connectivity index (χ2v) is 6.80. The summed E-state index contributed by atoms with van der Waals surface area (Å²) in [5.74, 6) is -0.500. The molecule has 0 aliphatic carbocycles. The third-order valence-electron chi connectivity index (χ3n) is 4.86. The summed E-state index contributed by atoms with van der Waals surface area (Å²) in [5, 5.41) is 0. The second-order valence-electron chi connectivity index (χ2n) is 6.80. The number of benzene rings is 2. The van der Waals surface area contributed by atoms with Crippen LogP contribution >= 0.6 is 0 Å². The Balaban J connectivity index is 1.77. The van der Waals surface area contributed by atoms with Gasteiger partial charge in [-0.3, -0.25) is 4.79 Å². The Hall–Kier alpha value is -2.36. The molecule has 0 atom stereocenters. The van der Waals surface area contributed by atoms with Gasteiger partial charge in [0.05, 0.1) is 0 Å². The van der Waals surface area contributed by atoms with E-state index in [0.717, 1.165) is 18.7 Å². The smallest absolute Gasteiger partial charge is 0.253 e. The lowest BCUT2D eigenvalue weighted by Gasteiger charge is -2.31. The SMILES string of the molecule is Cc1ccc(C(=O)N(C)Cc2ccccc2N2CCCCC2)cc1F. The van der Waals surface area contributed by atoms with Crippen LogP contribution in [-0.2, 0) is 6.54 Å². The number of hydrogen-bond donors (Lipinski definition) is 0. The quantitative estimate of drug-likeness (QED) is 0.824. The van der Waals surface area contributed by atoms with Crippen molar-refractivity contribution in [2.45, 2.75) is 32.7 Å². The zero-order valence-electron chi connectivity index (χ0n) is 15.0. The second kappa shape index (κ2) is 7.68. The van der Waals surface area contributed by atoms with Crippen molar-refractivity contribution in [3.8, 4) is 0 Å². The van der Waals surface area contributed by atoms with Gasteiger partial charge in [-0.25, -0.2) is 4.39 Å². The molecule has 1 aliphatic rings. The van der Waals surface area contributed by atoms with E-state index < -0.39 is 0 Å². The Morgan fingerprint density at radius 1 is 1.12 bits per heavy atom. The van der Waals surface area contributed by atoms with Crippen molar-refractivity contribution in [1.29, 1.82) is 0 Å². The summed E-state index contributed by atoms with van der Waals surface area (Å²) < 4.78 is 13.8. The summed E-state index contributed by atoms with van der Waals surface area (Å²) in [6.45, 7) is 4.35. The van der Waals surface area contributed by atoms with Gasteiger partial charge in [-0.15, -0.1) is 0 Å². The van der Waals surface area contributed by atoms with Gasteiger partial charge in [0, 0.05) is 37.9 Å². The van der Waals surface area contributed by atoms with Gasteiger partial charge in [0.1, 0.15) is 5.82 Å². The molecule has 1 heterocycles. The van der Waals surface area contributed by atoms with Crippen LogP contribution in [0.25, 0.3) is 0 Å². The van der Waals surface area contributed by atoms with Crippen molar-refractivity contribution >= 4 is 11.6 Å². The first-order valence-electron chi connectivity index (χ1n) is 8.91. The third kappa shape index (κ3) is 4.01. The number of para-hydroxylation sites is 1. The Morgan fingerprint density at radius 3 is 2.56 bits per heavy atom. The summed E-state index contributed by atoms with van der Waals surface area (Å²) >= 11 is 0. The molecule has 0 aromatic heterocycles. The third-order valence-corrected chi connectivity index (χ3v) is 4.86. The number of rotatable bonds is 4. The highest BCUT2D eigenvalue weighted by Crippen LogP contribution is 2.25. The monoisotopic (exact) mass is 340 g/mol. The molecule has 0 N–H and O–H groups in total. The Kier molecular flexibility index (Phi) is 5.37. The van der Waals surface area contributed by atoms with E-state index in [1.165, 1.54) is 31.0 Å². The van der Waals surface area contributed by atoms with Crippen molar-refractivity contribution in [2.75, 3.05) is 25.0 Å². The van der Waals surface area contributed by atoms with Gasteiger partial charge in [0.25, 0.3) is 5.91 Å². The van der Waals surface area contributed by atoms with E-state index in [2.05, 4.69) is 17.0 Å². The molecule has 2 aromatic rings. The van der Waals surface area contributed by atoms with Crippen LogP contribution in [0.4, 0.5) is 10.1 Å². The minimum atomic E-state index is -0.340. The van der Waals surface area contributed by atoms with Gasteiger partial charge in [-0.05, 0) is 55.5 Å². The number of hydrogen-bond acceptors (Lipinski definition) is 2. The minimum Gasteiger partial charge on any atom is -0.371 e. The van der Waals surface area contributed by atoms with Gasteiger partial charge in [0.2, 0.25) is 0 Å². The molecule has 132 valence electrons. The van der Waals surface area contributed by atoms with Gasteiger partial charge < -0.3 is 9.80 Å². The van der Waals surface area contributed by atoms with Gasteiger partial charge in [-0.1, -0.05) is 24.3 Å². The van der Waals surface area contributed by atoms with Gasteiger partial charge >= 0.3 is 0 Å². The lowest BCUT2D eigenvalue weighted by atomic mass is 10.1. The molecule has 0 unspecified atom stereocenters. The molecular formula is C21H25FN2O. The number of carbonyl (C=O) groups is 1. The lowest BCUT2D eigenvalue weighted by Crippen LogP contribution is -2.32. The highest BCUT2D eigenvalue weighted by atomic mass is 19.1. The van der Waals surface area contributed by atoms with Crippen molar-refractivity contribution in [3.63, 3.8) is 0 Å². The topological polar surface area (TPSA) is 23.6 Å². The molecule has 1 aliphatic heterocycles. The summed E-state index contributed by atoms with van der Waals surface area (Å²) in [4.78, 5) is 16.7. The Morgan fingerprint density at radius 2 is 1.84 bits per heavy atom. The fourth-order valence-corrected chi connectivity index (χ4v) is 3.36. The van der Waals surface area contributed by atoms with E-state index in [1.54, 1.807) is 31.0 Å². The number of carbonyl (C=O) groups excluding carboxylic acids is 1. The first-order valence-corrected chi connectivity index (χ1v) is 8.91. The molecule has 1 fully saturated rings. The molecule has 0 saturated carbocycles. The summed E-state index contributed by atoms with van der Waals surface area (Å²) in [6, 6.07) is 12.9. The van der Waals surface area contributed by atoms with E-state index in [-0.39, 0.29) is 11.7 Å². The van der Waals surface area contributed by atoms with Crippen molar-refractivity contribution in [3.05, 3.63) is 65.0 Å². The van der Waals surface area contributed by atoms with E-state index in [1.807, 2.05) is 12.1 Å². The van der Waals surface area contributed by atoms with Crippen molar-refractivity contribution in [2.24, 2.45) is 0 Å². The summed E-state index contributed by atoms with van der Waals surface area (Å²) in [5.41, 5.74) is 3.28. The maximum absolute atomic E-state index is 13.8. The number of amides is 1. The predicted octanol–water partition coefficient (Wildman–Crippen LogP) is 4.40. The highest BCUT2D eigenvalue weighted by Gasteiger charge is 2.18. The fourth-order valence-electron chi connectivity index (χ4n) is 3.36. The normalized spacial score (nSPS) is 14.4. The maximum Gasteiger partial charge on any atom is 0.253 e. The number of aryl methyl sites for hydroxylation is 1. The molecule has 0 bridgehead atoms. The fraction of sp³-hybridized carbons (Fsp3) is 0.381. The zero-order chi connectivity index (χ0) is 17.8. The molecule has 3 nitrogen and oxygen atoms in total. The van der Waals surface area contributed by atoms with Crippen LogP contribution in [-0.4, -0.2) is 30.9 Å². The number of nitrogens with zero attached hydrogens (tertiary/aromatic N) is 2. The van der Waals surface area contributed by atoms with Gasteiger partial charge in [-0.2, -0.15) is 0 Å². The van der Waals surface area contributed by atoms with Crippen LogP contribution in [0, 0.1) is 12.7 Å². The maximum atomic E-state index is 13.8. The molecule has 1 saturated heterocycles. The van der Waals surface area contributed by atoms with E-state index in [9.17, 15) is 9.18 Å². The van der Waals surface area contributed by atoms with Gasteiger partial charge in [0.15, 0.2) is 0 Å². The van der Waals surface area contributed by atoms with Crippen LogP contribution in [0.15, 0.2) is 42.5 Å². The first-order chi connectivity index (χ1) is 12.1. The van der Waals surface area contributed by atoms with Crippen LogP contribution < -0.4 is 4.90 Å². The zero-order valence-corrected chi connectivity index (χ0v) is 15.0. The average molecular weight is 340 g/mol. The molecular weight excluding hydrogens is 315 g/mol. The lowest BCUT2D eigenvalue weighted by molar-refractivity contribution is 0.0784. The highest BCUT2D eigenvalue weighted by molar-refractivity contribution is 5.94. The van der Waals surface area contributed by atoms with Crippen LogP contribution in [0.1, 0.15) is 40.7 Å². The summed E-state index contributed by atoms with van der Waals surface area (Å²) in [7, 11) is 1.77. The molecule has 0 spiro atoms. The molecule has 1 amide bonds. The van der Waals surface area contributed by atoms with E-state index in [0.29, 0.717) is 17.7 Å². The van der Waals surface area contributed by atoms with E-state index in [4.69, 9.17) is 0 Å². The largest absolute Gasteiger partial charge is 0.371 e. The average Bonchev–Trinajstić information content (AvgIpc) is 2.64. The number of halogens is 1. The molecule has 4 heteroatoms. The molecule has 25 heavy (non-hydrogen) atoms. The standard InChI is InChI=1S/C21H25FN2O/c1-16-10-11-17(14-19(16)22)21(25)23(2)15-18-8-4-5-9-20(18)24-12-6-3-7-13-24/h4-5,8-11,14H,3,6-7,12-13,15H2,1-2H3. The number of anilines is 1. The molecule has 0 radical (unpaired) electrons. The van der Waals surface area contributed by atoms with Crippen molar-refractivity contribution < 1.29 is 9.18 Å². The van der Waals surface area contributed by atoms with Crippen molar-refractivity contribution in [1.82, 2.24) is 4.90 Å².